The van der Waals surface area contributed by atoms with E-state index in [0.717, 1.165) is 6.33 Å². The summed E-state index contributed by atoms with van der Waals surface area (Å²) < 4.78 is 6.95. The molecule has 0 spiro atoms. The van der Waals surface area contributed by atoms with E-state index < -0.39 is 126 Å². The summed E-state index contributed by atoms with van der Waals surface area (Å²) in [6.07, 6.45) is -4.98. The summed E-state index contributed by atoms with van der Waals surface area (Å²) >= 11 is 0. The molecule has 1 aliphatic heterocycles. The molecule has 9 amide bonds. The topological polar surface area (TPSA) is 805 Å². The van der Waals surface area contributed by atoms with Gasteiger partial charge in [0, 0.05) is 65.2 Å². The zero-order chi connectivity index (χ0) is 75.3. The average molecular weight is 1430 g/mol. The molecule has 0 bridgehead atoms. The van der Waals surface area contributed by atoms with E-state index in [1.54, 1.807) is 0 Å². The first-order valence-corrected chi connectivity index (χ1v) is 32.0. The molecule has 0 radical (unpaired) electrons. The van der Waals surface area contributed by atoms with Crippen LogP contribution in [0.1, 0.15) is 103 Å². The molecule has 0 aromatic carbocycles. The van der Waals surface area contributed by atoms with Gasteiger partial charge in [-0.3, -0.25) is 77.7 Å². The molecule has 562 valence electrons. The van der Waals surface area contributed by atoms with Crippen molar-refractivity contribution in [2.24, 2.45) is 98.8 Å². The van der Waals surface area contributed by atoms with E-state index in [1.165, 1.54) is 17.8 Å². The van der Waals surface area contributed by atoms with Crippen LogP contribution >= 0.6 is 0 Å². The van der Waals surface area contributed by atoms with Crippen molar-refractivity contribution in [2.75, 3.05) is 58.1 Å². The average Bonchev–Trinajstić information content (AvgIpc) is 1.62. The van der Waals surface area contributed by atoms with Gasteiger partial charge in [-0.25, -0.2) is 19.7 Å². The maximum atomic E-state index is 14.6. The largest absolute Gasteiger partial charge is 0.480 e. The van der Waals surface area contributed by atoms with Crippen molar-refractivity contribution in [1.29, 1.82) is 0 Å². The molecule has 11 atom stereocenters. The number of nitrogens with two attached hydrogens (primary N) is 13. The lowest BCUT2D eigenvalue weighted by Crippen LogP contribution is -2.60. The number of nitrogens with one attached hydrogen (secondary N) is 9. The molecule has 3 rings (SSSR count). The van der Waals surface area contributed by atoms with Crippen LogP contribution in [-0.2, 0) is 52.7 Å². The fraction of sp³-hybridized carbons (Fsp3) is 0.618. The number of anilines is 1. The van der Waals surface area contributed by atoms with Crippen molar-refractivity contribution >= 4 is 112 Å². The van der Waals surface area contributed by atoms with Crippen LogP contribution in [0.5, 0.6) is 0 Å². The van der Waals surface area contributed by atoms with Crippen LogP contribution in [-0.4, -0.2) is 243 Å². The highest BCUT2D eigenvalue weighted by Crippen LogP contribution is 2.32. The number of imidazole rings is 1. The second-order valence-corrected chi connectivity index (χ2v) is 22.8. The number of carboxylic acids is 1. The van der Waals surface area contributed by atoms with Crippen LogP contribution in [0.25, 0.3) is 11.2 Å². The van der Waals surface area contributed by atoms with Crippen LogP contribution in [0.2, 0.25) is 0 Å². The number of carboxylic acid groups (broad SMARTS) is 1. The quantitative estimate of drug-likeness (QED) is 0.0166. The predicted molar refractivity (Wildman–Crippen MR) is 367 cm³/mol. The monoisotopic (exact) mass is 1430 g/mol. The number of aliphatic carboxylic acids is 1. The number of aliphatic hydroxyl groups is 2. The number of hydrogen-bond acceptors (Lipinski definition) is 23. The molecule has 1 aliphatic rings. The molecule has 1 fully saturated rings. The molecular formula is C55H98N32O14. The predicted octanol–water partition coefficient (Wildman–Crippen LogP) is -12.1. The Morgan fingerprint density at radius 3 is 1.17 bits per heavy atom. The Balaban J connectivity index is 1.81. The van der Waals surface area contributed by atoms with Gasteiger partial charge in [-0.2, -0.15) is 0 Å². The highest BCUT2D eigenvalue weighted by atomic mass is 16.6. The number of hydrogen-bond donors (Lipinski definition) is 25. The van der Waals surface area contributed by atoms with Gasteiger partial charge < -0.3 is 142 Å². The molecule has 38 N–H and O–H groups in total. The summed E-state index contributed by atoms with van der Waals surface area (Å²) in [4.78, 5) is 172. The first-order valence-electron chi connectivity index (χ1n) is 32.0. The number of aromatic nitrogens is 4. The zero-order valence-corrected chi connectivity index (χ0v) is 55.9. The van der Waals surface area contributed by atoms with Gasteiger partial charge in [0.15, 0.2) is 59.6 Å². The Bertz CT molecular complexity index is 3290. The number of carbonyl (C=O) groups excluding carboxylic acids is 9. The van der Waals surface area contributed by atoms with E-state index in [1.807, 2.05) is 0 Å². The number of fused-ring (bicyclic) bond motifs is 1. The zero-order valence-electron chi connectivity index (χ0n) is 55.9. The summed E-state index contributed by atoms with van der Waals surface area (Å²) in [5.74, 6) is -10.8. The number of ether oxygens (including phenoxy) is 1. The molecule has 2 aromatic rings. The summed E-state index contributed by atoms with van der Waals surface area (Å²) in [5, 5.41) is 54.2. The third-order valence-electron chi connectivity index (χ3n) is 14.7. The molecule has 46 nitrogen and oxygen atoms in total. The highest BCUT2D eigenvalue weighted by molar-refractivity contribution is 5.98. The van der Waals surface area contributed by atoms with Gasteiger partial charge in [0.05, 0.1) is 6.33 Å². The molecule has 46 heteroatoms. The Labute approximate surface area is 578 Å². The first-order chi connectivity index (χ1) is 47.8. The number of nitrogen functional groups attached to an aromatic ring is 1. The smallest absolute Gasteiger partial charge is 0.326 e. The van der Waals surface area contributed by atoms with Gasteiger partial charge in [-0.05, 0) is 84.0 Å². The maximum absolute atomic E-state index is 14.6. The Morgan fingerprint density at radius 1 is 0.465 bits per heavy atom. The Morgan fingerprint density at radius 2 is 0.802 bits per heavy atom. The molecule has 0 saturated carbocycles. The fourth-order valence-corrected chi connectivity index (χ4v) is 9.63. The van der Waals surface area contributed by atoms with Crippen molar-refractivity contribution < 1.29 is 68.0 Å². The van der Waals surface area contributed by atoms with E-state index in [0.29, 0.717) is 0 Å². The summed E-state index contributed by atoms with van der Waals surface area (Å²) in [5.41, 5.74) is 72.4. The summed E-state index contributed by atoms with van der Waals surface area (Å²) in [6.45, 7) is 0.650. The molecular weight excluding hydrogens is 1330 g/mol. The third kappa shape index (κ3) is 31.3. The number of guanidine groups is 6. The van der Waals surface area contributed by atoms with Crippen molar-refractivity contribution in [1.82, 2.24) is 67.4 Å². The number of aliphatic hydroxyl groups excluding tert-OH is 2. The summed E-state index contributed by atoms with van der Waals surface area (Å²) in [6, 6.07) is -10.3. The SMILES string of the molecule is CC(NC(=O)CCNC(=O)CCNC(=O)C1OC(n2cnc3c(N)ncnc32)C(O)C1O)C(=O)NC(CCCN=C(N)N)C(=O)NC(CCCN=C(N)N)C(=O)NC(CCCN=C(N)N)C(=O)NC(CCCN=C(N)N)C(=O)NC(CCCN=C(N)N)C(=O)NC(CCCN=C(N)N)C(=O)O. The van der Waals surface area contributed by atoms with E-state index in [-0.39, 0.29) is 195 Å². The number of amides is 9. The normalized spacial score (nSPS) is 16.6. The summed E-state index contributed by atoms with van der Waals surface area (Å²) in [7, 11) is 0. The first kappa shape index (κ1) is 83.8. The van der Waals surface area contributed by atoms with Crippen molar-refractivity contribution in [3.8, 4) is 0 Å². The lowest BCUT2D eigenvalue weighted by molar-refractivity contribution is -0.142. The maximum Gasteiger partial charge on any atom is 0.326 e. The minimum Gasteiger partial charge on any atom is -0.480 e. The van der Waals surface area contributed by atoms with Crippen molar-refractivity contribution in [2.45, 2.75) is 164 Å². The van der Waals surface area contributed by atoms with Gasteiger partial charge in [0.2, 0.25) is 47.3 Å². The van der Waals surface area contributed by atoms with Gasteiger partial charge in [0.25, 0.3) is 5.91 Å². The molecule has 2 aromatic heterocycles. The van der Waals surface area contributed by atoms with Crippen LogP contribution in [0, 0.1) is 0 Å². The van der Waals surface area contributed by atoms with E-state index in [9.17, 15) is 63.3 Å². The van der Waals surface area contributed by atoms with E-state index >= 15 is 0 Å². The van der Waals surface area contributed by atoms with Gasteiger partial charge >= 0.3 is 5.97 Å². The molecule has 3 heterocycles. The van der Waals surface area contributed by atoms with Gasteiger partial charge in [-0.15, -0.1) is 0 Å². The van der Waals surface area contributed by atoms with E-state index in [2.05, 4.69) is 92.8 Å². The van der Waals surface area contributed by atoms with Crippen LogP contribution in [0.15, 0.2) is 42.6 Å². The van der Waals surface area contributed by atoms with Crippen LogP contribution < -0.4 is 122 Å². The minimum atomic E-state index is -1.68. The number of carbonyl (C=O) groups is 10. The van der Waals surface area contributed by atoms with Gasteiger partial charge in [-0.1, -0.05) is 0 Å². The standard InChI is InChI=1S/C55H98N32O14/c1-26(80-34(89)15-22-69-33(88)14-23-70-47(98)38-36(90)37(91)48(101-38)87-25-79-35-39(56)77-24-78-40(35)87)41(92)81-27(8-2-16-71-50(57)58)42(93)82-28(9-3-17-72-51(59)60)43(94)83-29(10-4-18-73-52(61)62)44(95)84-30(11-5-19-74-53(63)64)45(96)85-31(12-6-20-75-54(65)66)46(97)86-32(49(99)100)13-7-21-76-55(67)68/h24-32,36-38,48,90-91H,2-23H2,1H3,(H,69,88)(H,70,98)(H,80,89)(H,81,92)(H,82,93)(H,83,94)(H,84,95)(H,85,96)(H,86,97)(H,99,100)(H2,56,77,78)(H4,57,58,71)(H4,59,60,72)(H4,61,62,73)(H4,63,64,74)(H4,65,66,75)(H4,67,68,76). The van der Waals surface area contributed by atoms with Crippen LogP contribution in [0.3, 0.4) is 0 Å². The van der Waals surface area contributed by atoms with Crippen molar-refractivity contribution in [3.63, 3.8) is 0 Å². The molecule has 101 heavy (non-hydrogen) atoms. The fourth-order valence-electron chi connectivity index (χ4n) is 9.63. The lowest BCUT2D eigenvalue weighted by Gasteiger charge is -2.28. The molecule has 11 unspecified atom stereocenters. The second-order valence-electron chi connectivity index (χ2n) is 22.8. The Hall–Kier alpha value is -11.4. The number of nitrogens with zero attached hydrogens (tertiary/aromatic N) is 10. The third-order valence-corrected chi connectivity index (χ3v) is 14.7. The second kappa shape index (κ2) is 43.8. The van der Waals surface area contributed by atoms with E-state index in [4.69, 9.17) is 79.3 Å². The number of rotatable bonds is 46. The lowest BCUT2D eigenvalue weighted by atomic mass is 10.0. The molecule has 0 aliphatic carbocycles. The Kier molecular flexibility index (Phi) is 36.3. The minimum absolute atomic E-state index is 0.0148. The van der Waals surface area contributed by atoms with Crippen LogP contribution in [0.4, 0.5) is 5.82 Å². The molecule has 1 saturated heterocycles. The highest BCUT2D eigenvalue weighted by Gasteiger charge is 2.48. The van der Waals surface area contributed by atoms with Crippen molar-refractivity contribution in [3.05, 3.63) is 12.7 Å². The number of aliphatic imine (C=N–C) groups is 6. The van der Waals surface area contributed by atoms with Gasteiger partial charge in [0.1, 0.15) is 66.3 Å².